The average molecular weight is 343 g/mol. The molecule has 0 aliphatic rings. The number of halogens is 1. The van der Waals surface area contributed by atoms with Crippen molar-refractivity contribution in [3.63, 3.8) is 0 Å². The van der Waals surface area contributed by atoms with Crippen molar-refractivity contribution >= 4 is 21.6 Å². The van der Waals surface area contributed by atoms with Crippen LogP contribution < -0.4 is 5.32 Å². The Morgan fingerprint density at radius 2 is 2.10 bits per heavy atom. The summed E-state index contributed by atoms with van der Waals surface area (Å²) >= 11 is 3.45. The summed E-state index contributed by atoms with van der Waals surface area (Å²) in [5.74, 6) is 0.626. The zero-order chi connectivity index (χ0) is 15.1. The number of hydrogen-bond acceptors (Lipinski definition) is 3. The number of non-ortho nitro benzene ring substituents is 1. The molecule has 4 nitrogen and oxygen atoms in total. The first-order valence-corrected chi connectivity index (χ1v) is 7.89. The molecule has 0 fully saturated rings. The van der Waals surface area contributed by atoms with Crippen LogP contribution in [0.5, 0.6) is 0 Å². The summed E-state index contributed by atoms with van der Waals surface area (Å²) in [5, 5.41) is 14.3. The lowest BCUT2D eigenvalue weighted by Crippen LogP contribution is -2.33. The number of nitrogens with one attached hydrogen (secondary N) is 1. The molecule has 0 amide bonds. The minimum Gasteiger partial charge on any atom is -0.314 e. The molecule has 112 valence electrons. The number of rotatable bonds is 8. The van der Waals surface area contributed by atoms with E-state index in [0.29, 0.717) is 12.0 Å². The van der Waals surface area contributed by atoms with Crippen molar-refractivity contribution in [2.45, 2.75) is 46.1 Å². The molecule has 0 aliphatic carbocycles. The monoisotopic (exact) mass is 342 g/mol. The Morgan fingerprint density at radius 1 is 1.40 bits per heavy atom. The molecule has 0 radical (unpaired) electrons. The van der Waals surface area contributed by atoms with Crippen LogP contribution in [0, 0.1) is 16.0 Å². The highest BCUT2D eigenvalue weighted by Crippen LogP contribution is 2.25. The Kier molecular flexibility index (Phi) is 7.16. The van der Waals surface area contributed by atoms with Gasteiger partial charge in [0, 0.05) is 22.6 Å². The van der Waals surface area contributed by atoms with Gasteiger partial charge in [0.05, 0.1) is 4.92 Å². The Morgan fingerprint density at radius 3 is 2.60 bits per heavy atom. The minimum absolute atomic E-state index is 0.127. The van der Waals surface area contributed by atoms with Gasteiger partial charge in [-0.2, -0.15) is 0 Å². The van der Waals surface area contributed by atoms with E-state index < -0.39 is 0 Å². The fraction of sp³-hybridized carbons (Fsp3) is 0.600. The van der Waals surface area contributed by atoms with Gasteiger partial charge in [0.15, 0.2) is 0 Å². The predicted molar refractivity (Wildman–Crippen MR) is 86.0 cm³/mol. The van der Waals surface area contributed by atoms with Gasteiger partial charge in [-0.25, -0.2) is 0 Å². The van der Waals surface area contributed by atoms with Gasteiger partial charge < -0.3 is 5.32 Å². The Labute approximate surface area is 129 Å². The van der Waals surface area contributed by atoms with Crippen molar-refractivity contribution < 1.29 is 4.92 Å². The number of nitro groups is 1. The van der Waals surface area contributed by atoms with Crippen molar-refractivity contribution in [3.8, 4) is 0 Å². The molecule has 1 unspecified atom stereocenters. The van der Waals surface area contributed by atoms with Gasteiger partial charge in [-0.3, -0.25) is 10.1 Å². The van der Waals surface area contributed by atoms with Crippen LogP contribution >= 0.6 is 15.9 Å². The van der Waals surface area contributed by atoms with Crippen molar-refractivity contribution in [2.75, 3.05) is 6.54 Å². The molecular formula is C15H23BrN2O2. The molecule has 0 spiro atoms. The van der Waals surface area contributed by atoms with Crippen molar-refractivity contribution in [1.29, 1.82) is 0 Å². The third-order valence-electron chi connectivity index (χ3n) is 3.15. The van der Waals surface area contributed by atoms with Gasteiger partial charge in [-0.15, -0.1) is 0 Å². The highest BCUT2D eigenvalue weighted by molar-refractivity contribution is 9.10. The highest BCUT2D eigenvalue weighted by atomic mass is 79.9. The average Bonchev–Trinajstić information content (AvgIpc) is 2.37. The first kappa shape index (κ1) is 17.1. The largest absolute Gasteiger partial charge is 0.314 e. The van der Waals surface area contributed by atoms with E-state index >= 15 is 0 Å². The SMILES string of the molecule is CCCNC(Cc1ccc([N+](=O)[O-])cc1Br)CC(C)C. The Balaban J connectivity index is 2.79. The molecule has 1 rings (SSSR count). The maximum Gasteiger partial charge on any atom is 0.270 e. The molecule has 0 bridgehead atoms. The second-order valence-corrected chi connectivity index (χ2v) is 6.37. The van der Waals surface area contributed by atoms with E-state index in [0.717, 1.165) is 35.8 Å². The summed E-state index contributed by atoms with van der Waals surface area (Å²) in [6.07, 6.45) is 3.09. The van der Waals surface area contributed by atoms with Gasteiger partial charge in [0.25, 0.3) is 5.69 Å². The van der Waals surface area contributed by atoms with Crippen LogP contribution in [-0.2, 0) is 6.42 Å². The molecule has 0 aromatic heterocycles. The minimum atomic E-state index is -0.366. The molecular weight excluding hydrogens is 320 g/mol. The lowest BCUT2D eigenvalue weighted by Gasteiger charge is -2.21. The topological polar surface area (TPSA) is 55.2 Å². The second kappa shape index (κ2) is 8.37. The van der Waals surface area contributed by atoms with E-state index in [-0.39, 0.29) is 10.6 Å². The smallest absolute Gasteiger partial charge is 0.270 e. The predicted octanol–water partition coefficient (Wildman–Crippen LogP) is 4.31. The molecule has 20 heavy (non-hydrogen) atoms. The number of nitrogens with zero attached hydrogens (tertiary/aromatic N) is 1. The zero-order valence-electron chi connectivity index (χ0n) is 12.4. The molecule has 1 N–H and O–H groups in total. The maximum atomic E-state index is 10.7. The van der Waals surface area contributed by atoms with Crippen LogP contribution in [0.25, 0.3) is 0 Å². The van der Waals surface area contributed by atoms with Crippen LogP contribution in [0.15, 0.2) is 22.7 Å². The van der Waals surface area contributed by atoms with E-state index in [1.807, 2.05) is 6.07 Å². The molecule has 0 aliphatic heterocycles. The van der Waals surface area contributed by atoms with Gasteiger partial charge in [0.1, 0.15) is 0 Å². The normalized spacial score (nSPS) is 12.7. The number of benzene rings is 1. The van der Waals surface area contributed by atoms with Crippen molar-refractivity contribution in [2.24, 2.45) is 5.92 Å². The Hall–Kier alpha value is -0.940. The standard InChI is InChI=1S/C15H23BrN2O2/c1-4-7-17-13(8-11(2)3)9-12-5-6-14(18(19)20)10-15(12)16/h5-6,10-11,13,17H,4,7-9H2,1-3H3. The first-order valence-electron chi connectivity index (χ1n) is 7.10. The Bertz CT molecular complexity index is 449. The molecule has 5 heteroatoms. The molecule has 0 saturated heterocycles. The van der Waals surface area contributed by atoms with E-state index in [1.54, 1.807) is 12.1 Å². The molecule has 1 aromatic rings. The molecule has 1 atom stereocenters. The summed E-state index contributed by atoms with van der Waals surface area (Å²) in [4.78, 5) is 10.4. The summed E-state index contributed by atoms with van der Waals surface area (Å²) in [5.41, 5.74) is 1.24. The number of hydrogen-bond donors (Lipinski definition) is 1. The summed E-state index contributed by atoms with van der Waals surface area (Å²) in [6.45, 7) is 7.58. The van der Waals surface area contributed by atoms with E-state index in [4.69, 9.17) is 0 Å². The number of nitro benzene ring substituents is 1. The third-order valence-corrected chi connectivity index (χ3v) is 3.89. The fourth-order valence-electron chi connectivity index (χ4n) is 2.24. The van der Waals surface area contributed by atoms with Crippen LogP contribution in [0.1, 0.15) is 39.2 Å². The van der Waals surface area contributed by atoms with Crippen LogP contribution in [0.2, 0.25) is 0 Å². The van der Waals surface area contributed by atoms with Gasteiger partial charge in [-0.05, 0) is 37.3 Å². The van der Waals surface area contributed by atoms with Crippen molar-refractivity contribution in [1.82, 2.24) is 5.32 Å². The second-order valence-electron chi connectivity index (χ2n) is 5.52. The quantitative estimate of drug-likeness (QED) is 0.565. The highest BCUT2D eigenvalue weighted by Gasteiger charge is 2.15. The first-order chi connectivity index (χ1) is 9.43. The van der Waals surface area contributed by atoms with E-state index in [2.05, 4.69) is 42.0 Å². The lowest BCUT2D eigenvalue weighted by molar-refractivity contribution is -0.384. The van der Waals surface area contributed by atoms with Crippen LogP contribution in [0.4, 0.5) is 5.69 Å². The molecule has 0 heterocycles. The maximum absolute atomic E-state index is 10.7. The van der Waals surface area contributed by atoms with E-state index in [9.17, 15) is 10.1 Å². The summed E-state index contributed by atoms with van der Waals surface area (Å²) < 4.78 is 0.818. The fourth-order valence-corrected chi connectivity index (χ4v) is 2.77. The molecule has 0 saturated carbocycles. The van der Waals surface area contributed by atoms with Crippen LogP contribution in [-0.4, -0.2) is 17.5 Å². The van der Waals surface area contributed by atoms with Gasteiger partial charge >= 0.3 is 0 Å². The van der Waals surface area contributed by atoms with E-state index in [1.165, 1.54) is 0 Å². The van der Waals surface area contributed by atoms with Crippen molar-refractivity contribution in [3.05, 3.63) is 38.3 Å². The third kappa shape index (κ3) is 5.59. The van der Waals surface area contributed by atoms with Gasteiger partial charge in [0.2, 0.25) is 0 Å². The molecule has 1 aromatic carbocycles. The van der Waals surface area contributed by atoms with Crippen LogP contribution in [0.3, 0.4) is 0 Å². The zero-order valence-corrected chi connectivity index (χ0v) is 13.9. The van der Waals surface area contributed by atoms with Gasteiger partial charge in [-0.1, -0.05) is 42.8 Å². The summed E-state index contributed by atoms with van der Waals surface area (Å²) in [6, 6.07) is 5.42. The lowest BCUT2D eigenvalue weighted by atomic mass is 9.97. The summed E-state index contributed by atoms with van der Waals surface area (Å²) in [7, 11) is 0.